The van der Waals surface area contributed by atoms with Crippen molar-refractivity contribution in [3.8, 4) is 0 Å². The van der Waals surface area contributed by atoms with Gasteiger partial charge >= 0.3 is 5.97 Å². The number of likely N-dealkylation sites (tertiary alicyclic amines) is 1. The predicted molar refractivity (Wildman–Crippen MR) is 149 cm³/mol. The van der Waals surface area contributed by atoms with Crippen LogP contribution in [0.25, 0.3) is 0 Å². The number of aromatic nitrogens is 1. The highest BCUT2D eigenvalue weighted by atomic mass is 35.5. The molecule has 1 aromatic carbocycles. The molecule has 6 heteroatoms. The number of rotatable bonds is 10. The third-order valence-electron chi connectivity index (χ3n) is 8.09. The van der Waals surface area contributed by atoms with Crippen molar-refractivity contribution >= 4 is 17.6 Å². The van der Waals surface area contributed by atoms with Crippen molar-refractivity contribution in [3.05, 3.63) is 64.9 Å². The minimum Gasteiger partial charge on any atom is -0.462 e. The summed E-state index contributed by atoms with van der Waals surface area (Å²) in [4.78, 5) is 19.6. The van der Waals surface area contributed by atoms with E-state index in [2.05, 4.69) is 30.7 Å². The van der Waals surface area contributed by atoms with E-state index < -0.39 is 0 Å². The molecule has 2 fully saturated rings. The van der Waals surface area contributed by atoms with Gasteiger partial charge in [-0.05, 0) is 86.2 Å². The Labute approximate surface area is 227 Å². The van der Waals surface area contributed by atoms with Crippen molar-refractivity contribution in [1.82, 2.24) is 9.88 Å². The quantitative estimate of drug-likeness (QED) is 0.309. The number of carbonyl (C=O) groups excluding carboxylic acids is 1. The van der Waals surface area contributed by atoms with Crippen LogP contribution < -0.4 is 0 Å². The maximum absolute atomic E-state index is 12.6. The fraction of sp³-hybridized carbons (Fsp3) is 0.613. The molecule has 1 saturated carbocycles. The summed E-state index contributed by atoms with van der Waals surface area (Å²) in [6, 6.07) is 13.8. The van der Waals surface area contributed by atoms with Gasteiger partial charge in [0.25, 0.3) is 0 Å². The van der Waals surface area contributed by atoms with E-state index in [1.165, 1.54) is 12.8 Å². The summed E-state index contributed by atoms with van der Waals surface area (Å²) in [5.41, 5.74) is 1.98. The lowest BCUT2D eigenvalue weighted by Gasteiger charge is -2.36. The molecule has 2 aromatic rings. The Morgan fingerprint density at radius 2 is 1.84 bits per heavy atom. The third kappa shape index (κ3) is 8.27. The second-order valence-electron chi connectivity index (χ2n) is 11.3. The molecule has 2 aliphatic rings. The van der Waals surface area contributed by atoms with Crippen molar-refractivity contribution in [3.63, 3.8) is 0 Å². The van der Waals surface area contributed by atoms with Gasteiger partial charge in [-0.15, -0.1) is 0 Å². The van der Waals surface area contributed by atoms with E-state index in [9.17, 15) is 4.79 Å². The Balaban J connectivity index is 1.21. The van der Waals surface area contributed by atoms with Crippen LogP contribution in [0.3, 0.4) is 0 Å². The number of carbonyl (C=O) groups is 1. The largest absolute Gasteiger partial charge is 0.462 e. The second kappa shape index (κ2) is 13.7. The van der Waals surface area contributed by atoms with E-state index >= 15 is 0 Å². The predicted octanol–water partition coefficient (Wildman–Crippen LogP) is 7.09. The van der Waals surface area contributed by atoms with Crippen LogP contribution in [0.15, 0.2) is 48.7 Å². The van der Waals surface area contributed by atoms with Crippen LogP contribution in [0.1, 0.15) is 83.1 Å². The Bertz CT molecular complexity index is 960. The van der Waals surface area contributed by atoms with Crippen LogP contribution in [0.5, 0.6) is 0 Å². The highest BCUT2D eigenvalue weighted by molar-refractivity contribution is 6.30. The van der Waals surface area contributed by atoms with Crippen molar-refractivity contribution in [2.45, 2.75) is 84.0 Å². The highest BCUT2D eigenvalue weighted by Crippen LogP contribution is 2.35. The molecular formula is C31H43ClN2O3. The van der Waals surface area contributed by atoms with Crippen LogP contribution in [0.4, 0.5) is 0 Å². The second-order valence-corrected chi connectivity index (χ2v) is 11.8. The lowest BCUT2D eigenvalue weighted by Crippen LogP contribution is -2.38. The summed E-state index contributed by atoms with van der Waals surface area (Å²) in [5, 5.41) is 0.716. The first-order chi connectivity index (χ1) is 17.9. The molecule has 2 heterocycles. The van der Waals surface area contributed by atoms with Gasteiger partial charge in [0, 0.05) is 30.7 Å². The number of nitrogens with zero attached hydrogens (tertiary/aromatic N) is 2. The Hall–Kier alpha value is -1.95. The zero-order chi connectivity index (χ0) is 26.2. The molecule has 0 unspecified atom stereocenters. The van der Waals surface area contributed by atoms with Gasteiger partial charge in [-0.25, -0.2) is 0 Å². The van der Waals surface area contributed by atoms with Crippen molar-refractivity contribution in [2.24, 2.45) is 17.8 Å². The summed E-state index contributed by atoms with van der Waals surface area (Å²) in [6.07, 6.45) is 8.60. The summed E-state index contributed by atoms with van der Waals surface area (Å²) < 4.78 is 12.6. The summed E-state index contributed by atoms with van der Waals surface area (Å²) in [6.45, 7) is 9.66. The average Bonchev–Trinajstić information content (AvgIpc) is 2.89. The Morgan fingerprint density at radius 3 is 2.51 bits per heavy atom. The van der Waals surface area contributed by atoms with Gasteiger partial charge < -0.3 is 14.4 Å². The topological polar surface area (TPSA) is 51.7 Å². The first-order valence-electron chi connectivity index (χ1n) is 14.1. The summed E-state index contributed by atoms with van der Waals surface area (Å²) >= 11 is 6.11. The number of ether oxygens (including phenoxy) is 2. The molecule has 4 atom stereocenters. The van der Waals surface area contributed by atoms with E-state index in [4.69, 9.17) is 21.1 Å². The Kier molecular flexibility index (Phi) is 10.4. The molecule has 0 radical (unpaired) electrons. The molecule has 0 bridgehead atoms. The summed E-state index contributed by atoms with van der Waals surface area (Å²) in [7, 11) is 0. The van der Waals surface area contributed by atoms with Crippen LogP contribution >= 0.6 is 11.6 Å². The fourth-order valence-electron chi connectivity index (χ4n) is 5.87. The zero-order valence-corrected chi connectivity index (χ0v) is 23.4. The number of hydrogen-bond acceptors (Lipinski definition) is 5. The molecule has 202 valence electrons. The minimum atomic E-state index is -0.207. The van der Waals surface area contributed by atoms with Gasteiger partial charge in [-0.3, -0.25) is 9.78 Å². The van der Waals surface area contributed by atoms with Crippen LogP contribution in [0.2, 0.25) is 5.02 Å². The lowest BCUT2D eigenvalue weighted by molar-refractivity contribution is -0.156. The van der Waals surface area contributed by atoms with Crippen molar-refractivity contribution in [2.75, 3.05) is 19.6 Å². The number of hydrogen-bond donors (Lipinski definition) is 0. The van der Waals surface area contributed by atoms with Gasteiger partial charge in [-0.2, -0.15) is 0 Å². The number of benzene rings is 1. The smallest absolute Gasteiger partial charge is 0.306 e. The normalized spacial score (nSPS) is 24.2. The van der Waals surface area contributed by atoms with Gasteiger partial charge in [0.1, 0.15) is 12.2 Å². The zero-order valence-electron chi connectivity index (χ0n) is 22.7. The number of esters is 1. The molecular weight excluding hydrogens is 484 g/mol. The van der Waals surface area contributed by atoms with E-state index in [0.717, 1.165) is 56.6 Å². The SMILES string of the molecule is CC(C)[C@H]1CC[C@H](C)C[C@@H]1OC(=O)CCCN1CCC(O[C@@H](c2ccc(Cl)cc2)c2ccccn2)CC1. The third-order valence-corrected chi connectivity index (χ3v) is 8.34. The monoisotopic (exact) mass is 526 g/mol. The van der Waals surface area contributed by atoms with Gasteiger partial charge in [0.15, 0.2) is 0 Å². The molecule has 0 amide bonds. The van der Waals surface area contributed by atoms with Crippen LogP contribution in [-0.2, 0) is 14.3 Å². The highest BCUT2D eigenvalue weighted by Gasteiger charge is 2.33. The molecule has 37 heavy (non-hydrogen) atoms. The number of piperidine rings is 1. The van der Waals surface area contributed by atoms with Crippen molar-refractivity contribution < 1.29 is 14.3 Å². The first kappa shape index (κ1) is 28.1. The van der Waals surface area contributed by atoms with Crippen molar-refractivity contribution in [1.29, 1.82) is 0 Å². The maximum atomic E-state index is 12.6. The van der Waals surface area contributed by atoms with E-state index in [1.807, 2.05) is 48.7 Å². The molecule has 1 saturated heterocycles. The van der Waals surface area contributed by atoms with Crippen LogP contribution in [-0.4, -0.2) is 47.7 Å². The minimum absolute atomic E-state index is 0.0239. The molecule has 4 rings (SSSR count). The standard InChI is InChI=1S/C31H43ClN2O3/c1-22(2)27-14-9-23(3)21-29(27)37-30(35)8-6-18-34-19-15-26(16-20-34)36-31(28-7-4-5-17-33-28)24-10-12-25(32)13-11-24/h4-5,7,10-13,17,22-23,26-27,29,31H,6,8-9,14-16,18-21H2,1-3H3/t23-,27+,29-,31-/m0/s1. The molecule has 1 aromatic heterocycles. The molecule has 5 nitrogen and oxygen atoms in total. The molecule has 0 spiro atoms. The fourth-order valence-corrected chi connectivity index (χ4v) is 6.00. The first-order valence-corrected chi connectivity index (χ1v) is 14.5. The molecule has 1 aliphatic carbocycles. The van der Waals surface area contributed by atoms with Crippen LogP contribution in [0, 0.1) is 17.8 Å². The van der Waals surface area contributed by atoms with E-state index in [1.54, 1.807) is 0 Å². The number of halogens is 1. The lowest BCUT2D eigenvalue weighted by atomic mass is 9.75. The average molecular weight is 527 g/mol. The van der Waals surface area contributed by atoms with E-state index in [0.29, 0.717) is 29.2 Å². The molecule has 1 aliphatic heterocycles. The summed E-state index contributed by atoms with van der Waals surface area (Å²) in [5.74, 6) is 1.69. The molecule has 0 N–H and O–H groups in total. The van der Waals surface area contributed by atoms with Gasteiger partial charge in [0.05, 0.1) is 11.8 Å². The maximum Gasteiger partial charge on any atom is 0.306 e. The van der Waals surface area contributed by atoms with Gasteiger partial charge in [-0.1, -0.05) is 57.0 Å². The Morgan fingerprint density at radius 1 is 1.08 bits per heavy atom. The van der Waals surface area contributed by atoms with E-state index in [-0.39, 0.29) is 24.3 Å². The number of pyridine rings is 1. The van der Waals surface area contributed by atoms with Gasteiger partial charge in [0.2, 0.25) is 0 Å².